The van der Waals surface area contributed by atoms with Gasteiger partial charge >= 0.3 is 5.97 Å². The molecular weight excluding hydrogens is 325 g/mol. The molecule has 0 spiro atoms. The van der Waals surface area contributed by atoms with Crippen LogP contribution in [0.1, 0.15) is 30.1 Å². The maximum atomic E-state index is 13.0. The van der Waals surface area contributed by atoms with E-state index in [0.29, 0.717) is 31.1 Å². The molecule has 6 nitrogen and oxygen atoms in total. The maximum Gasteiger partial charge on any atom is 0.338 e. The Bertz CT molecular complexity index is 743. The van der Waals surface area contributed by atoms with E-state index in [0.717, 1.165) is 0 Å². The molecule has 2 heterocycles. The van der Waals surface area contributed by atoms with Crippen LogP contribution in [-0.2, 0) is 0 Å². The Kier molecular flexibility index (Phi) is 3.97. The van der Waals surface area contributed by atoms with E-state index < -0.39 is 12.1 Å². The Balaban J connectivity index is 1.69. The average molecular weight is 340 g/mol. The highest BCUT2D eigenvalue weighted by molar-refractivity contribution is 6.32. The number of ether oxygens (including phenoxy) is 1. The summed E-state index contributed by atoms with van der Waals surface area (Å²) in [7, 11) is 0. The molecule has 23 heavy (non-hydrogen) atoms. The van der Waals surface area contributed by atoms with Gasteiger partial charge in [-0.1, -0.05) is 18.5 Å². The van der Waals surface area contributed by atoms with Crippen molar-refractivity contribution in [1.82, 2.24) is 14.8 Å². The predicted octanol–water partition coefficient (Wildman–Crippen LogP) is 3.14. The molecule has 1 aliphatic rings. The number of halogens is 2. The third kappa shape index (κ3) is 3.29. The first-order valence-electron chi connectivity index (χ1n) is 7.09. The van der Waals surface area contributed by atoms with Crippen LogP contribution >= 0.6 is 11.6 Å². The number of rotatable bonds is 5. The molecule has 0 unspecified atom stereocenters. The number of aromatic carboxylic acids is 1. The summed E-state index contributed by atoms with van der Waals surface area (Å²) in [5, 5.41) is 13.0. The third-order valence-corrected chi connectivity index (χ3v) is 4.15. The lowest BCUT2D eigenvalue weighted by atomic mass is 9.70. The Morgan fingerprint density at radius 2 is 2.26 bits per heavy atom. The first-order valence-corrected chi connectivity index (χ1v) is 7.47. The van der Waals surface area contributed by atoms with Crippen LogP contribution in [0.2, 0.25) is 5.15 Å². The fourth-order valence-corrected chi connectivity index (χ4v) is 2.83. The molecule has 1 N–H and O–H groups in total. The number of alkyl halides is 1. The molecule has 122 valence electrons. The molecule has 0 atom stereocenters. The van der Waals surface area contributed by atoms with Crippen molar-refractivity contribution in [2.45, 2.75) is 25.9 Å². The van der Waals surface area contributed by atoms with Crippen molar-refractivity contribution < 1.29 is 19.0 Å². The highest BCUT2D eigenvalue weighted by Gasteiger charge is 2.41. The zero-order chi connectivity index (χ0) is 16.6. The minimum Gasteiger partial charge on any atom is -0.478 e. The summed E-state index contributed by atoms with van der Waals surface area (Å²) in [5.74, 6) is -0.360. The van der Waals surface area contributed by atoms with Gasteiger partial charge in [0.1, 0.15) is 11.3 Å². The predicted molar refractivity (Wildman–Crippen MR) is 81.1 cm³/mol. The average Bonchev–Trinajstić information content (AvgIpc) is 2.92. The Labute approximate surface area is 136 Å². The van der Waals surface area contributed by atoms with E-state index in [1.165, 1.54) is 16.8 Å². The van der Waals surface area contributed by atoms with Crippen LogP contribution in [0, 0.1) is 5.41 Å². The highest BCUT2D eigenvalue weighted by Crippen LogP contribution is 2.42. The van der Waals surface area contributed by atoms with Gasteiger partial charge in [-0.15, -0.1) is 5.10 Å². The van der Waals surface area contributed by atoms with Gasteiger partial charge in [0.2, 0.25) is 5.88 Å². The molecule has 2 aromatic heterocycles. The number of aromatic nitrogens is 3. The second-order valence-corrected chi connectivity index (χ2v) is 6.37. The lowest BCUT2D eigenvalue weighted by molar-refractivity contribution is 0.000146. The number of hydrogen-bond donors (Lipinski definition) is 1. The van der Waals surface area contributed by atoms with E-state index >= 15 is 0 Å². The molecular formula is C15H15ClFN3O3. The van der Waals surface area contributed by atoms with Crippen LogP contribution in [0.15, 0.2) is 24.4 Å². The number of carbonyl (C=O) groups is 1. The smallest absolute Gasteiger partial charge is 0.338 e. The Hall–Kier alpha value is -2.15. The maximum absolute atomic E-state index is 13.0. The van der Waals surface area contributed by atoms with Gasteiger partial charge in [0.15, 0.2) is 5.82 Å². The van der Waals surface area contributed by atoms with Gasteiger partial charge in [0, 0.05) is 17.7 Å². The molecule has 3 rings (SSSR count). The summed E-state index contributed by atoms with van der Waals surface area (Å²) in [5.41, 5.74) is -0.216. The van der Waals surface area contributed by atoms with E-state index in [1.807, 2.05) is 6.92 Å². The monoisotopic (exact) mass is 339 g/mol. The van der Waals surface area contributed by atoms with Crippen LogP contribution in [0.4, 0.5) is 4.39 Å². The SMILES string of the molecule is CC1(COc2ccn(-c3ccc(C(=O)O)c(Cl)n3)n2)CC(F)C1. The third-order valence-electron chi connectivity index (χ3n) is 3.86. The summed E-state index contributed by atoms with van der Waals surface area (Å²) in [4.78, 5) is 14.9. The molecule has 0 amide bonds. The van der Waals surface area contributed by atoms with Crippen molar-refractivity contribution in [3.63, 3.8) is 0 Å². The van der Waals surface area contributed by atoms with Gasteiger partial charge in [-0.2, -0.15) is 0 Å². The zero-order valence-electron chi connectivity index (χ0n) is 12.4. The number of carboxylic acids is 1. The summed E-state index contributed by atoms with van der Waals surface area (Å²) >= 11 is 5.84. The lowest BCUT2D eigenvalue weighted by Gasteiger charge is -2.40. The molecule has 8 heteroatoms. The highest BCUT2D eigenvalue weighted by atomic mass is 35.5. The van der Waals surface area contributed by atoms with E-state index in [1.54, 1.807) is 12.3 Å². The molecule has 2 aromatic rings. The first-order chi connectivity index (χ1) is 10.9. The normalized spacial score (nSPS) is 23.3. The number of carboxylic acid groups (broad SMARTS) is 1. The minimum atomic E-state index is -1.14. The van der Waals surface area contributed by atoms with Crippen molar-refractivity contribution in [2.24, 2.45) is 5.41 Å². The van der Waals surface area contributed by atoms with E-state index in [2.05, 4.69) is 10.1 Å². The van der Waals surface area contributed by atoms with Gasteiger partial charge < -0.3 is 9.84 Å². The molecule has 1 saturated carbocycles. The zero-order valence-corrected chi connectivity index (χ0v) is 13.1. The molecule has 1 aliphatic carbocycles. The second-order valence-electron chi connectivity index (χ2n) is 6.02. The van der Waals surface area contributed by atoms with Crippen LogP contribution in [-0.4, -0.2) is 38.6 Å². The Morgan fingerprint density at radius 3 is 2.87 bits per heavy atom. The molecule has 1 fully saturated rings. The molecule has 0 radical (unpaired) electrons. The largest absolute Gasteiger partial charge is 0.478 e. The first kappa shape index (κ1) is 15.7. The number of pyridine rings is 1. The summed E-state index contributed by atoms with van der Waals surface area (Å²) in [6, 6.07) is 4.54. The fourth-order valence-electron chi connectivity index (χ4n) is 2.60. The summed E-state index contributed by atoms with van der Waals surface area (Å²) in [6.07, 6.45) is 1.90. The van der Waals surface area contributed by atoms with Gasteiger partial charge in [-0.05, 0) is 25.0 Å². The topological polar surface area (TPSA) is 77.2 Å². The van der Waals surface area contributed by atoms with E-state index in [4.69, 9.17) is 21.4 Å². The van der Waals surface area contributed by atoms with Gasteiger partial charge in [-0.3, -0.25) is 0 Å². The summed E-state index contributed by atoms with van der Waals surface area (Å²) < 4.78 is 20.0. The van der Waals surface area contributed by atoms with E-state index in [9.17, 15) is 9.18 Å². The quantitative estimate of drug-likeness (QED) is 0.847. The second kappa shape index (κ2) is 5.81. The van der Waals surface area contributed by atoms with Gasteiger partial charge in [-0.25, -0.2) is 18.9 Å². The molecule has 0 saturated heterocycles. The molecule has 0 aromatic carbocycles. The standard InChI is InChI=1S/C15H15ClFN3O3/c1-15(6-9(17)7-15)8-23-12-4-5-20(19-12)11-3-2-10(14(21)22)13(16)18-11/h2-5,9H,6-8H2,1H3,(H,21,22). The van der Waals surface area contributed by atoms with Crippen molar-refractivity contribution >= 4 is 17.6 Å². The van der Waals surface area contributed by atoms with Crippen molar-refractivity contribution in [3.8, 4) is 11.7 Å². The molecule has 0 bridgehead atoms. The van der Waals surface area contributed by atoms with Crippen LogP contribution in [0.25, 0.3) is 5.82 Å². The van der Waals surface area contributed by atoms with Crippen molar-refractivity contribution in [2.75, 3.05) is 6.61 Å². The molecule has 0 aliphatic heterocycles. The lowest BCUT2D eigenvalue weighted by Crippen LogP contribution is -2.40. The van der Waals surface area contributed by atoms with Crippen LogP contribution in [0.5, 0.6) is 5.88 Å². The number of nitrogens with zero attached hydrogens (tertiary/aromatic N) is 3. The van der Waals surface area contributed by atoms with Crippen LogP contribution in [0.3, 0.4) is 0 Å². The fraction of sp³-hybridized carbons (Fsp3) is 0.400. The number of hydrogen-bond acceptors (Lipinski definition) is 4. The van der Waals surface area contributed by atoms with Crippen LogP contribution < -0.4 is 4.74 Å². The van der Waals surface area contributed by atoms with E-state index in [-0.39, 0.29) is 16.1 Å². The minimum absolute atomic E-state index is 0.0715. The Morgan fingerprint density at radius 1 is 1.52 bits per heavy atom. The summed E-state index contributed by atoms with van der Waals surface area (Å²) in [6.45, 7) is 2.38. The van der Waals surface area contributed by atoms with Crippen molar-refractivity contribution in [3.05, 3.63) is 35.1 Å². The van der Waals surface area contributed by atoms with Gasteiger partial charge in [0.05, 0.1) is 12.2 Å². The van der Waals surface area contributed by atoms with Crippen molar-refractivity contribution in [1.29, 1.82) is 0 Å². The van der Waals surface area contributed by atoms with Gasteiger partial charge in [0.25, 0.3) is 0 Å².